The molecule has 2 fully saturated rings. The van der Waals surface area contributed by atoms with Crippen molar-refractivity contribution in [2.75, 3.05) is 45.8 Å². The molecule has 0 aliphatic carbocycles. The molecule has 1 atom stereocenters. The van der Waals surface area contributed by atoms with Gasteiger partial charge in [0.05, 0.1) is 12.6 Å². The highest BCUT2D eigenvalue weighted by Gasteiger charge is 2.28. The molecule has 25 heavy (non-hydrogen) atoms. The van der Waals surface area contributed by atoms with E-state index in [4.69, 9.17) is 5.73 Å². The average Bonchev–Trinajstić information content (AvgIpc) is 3.15. The van der Waals surface area contributed by atoms with Crippen molar-refractivity contribution in [3.63, 3.8) is 0 Å². The van der Waals surface area contributed by atoms with Gasteiger partial charge >= 0.3 is 0 Å². The molecule has 1 unspecified atom stereocenters. The van der Waals surface area contributed by atoms with E-state index < -0.39 is 6.04 Å². The first kappa shape index (κ1) is 17.9. The molecule has 136 valence electrons. The molecular formula is C19H28N4O2. The summed E-state index contributed by atoms with van der Waals surface area (Å²) in [5.41, 5.74) is 7.18. The molecule has 6 nitrogen and oxygen atoms in total. The summed E-state index contributed by atoms with van der Waals surface area (Å²) in [5, 5.41) is 0. The van der Waals surface area contributed by atoms with Crippen molar-refractivity contribution in [1.82, 2.24) is 14.7 Å². The molecule has 2 saturated heterocycles. The molecule has 2 heterocycles. The van der Waals surface area contributed by atoms with E-state index in [9.17, 15) is 9.59 Å². The van der Waals surface area contributed by atoms with Crippen molar-refractivity contribution in [1.29, 1.82) is 0 Å². The number of benzene rings is 1. The van der Waals surface area contributed by atoms with Crippen LogP contribution in [0.5, 0.6) is 0 Å². The quantitative estimate of drug-likeness (QED) is 0.835. The molecule has 1 aromatic rings. The Morgan fingerprint density at radius 1 is 0.920 bits per heavy atom. The van der Waals surface area contributed by atoms with Crippen molar-refractivity contribution in [2.45, 2.75) is 25.3 Å². The third-order valence-corrected chi connectivity index (χ3v) is 5.12. The van der Waals surface area contributed by atoms with E-state index in [0.717, 1.165) is 18.7 Å². The molecule has 0 bridgehead atoms. The lowest BCUT2D eigenvalue weighted by Gasteiger charge is -2.36. The molecule has 6 heteroatoms. The lowest BCUT2D eigenvalue weighted by atomic mass is 10.1. The van der Waals surface area contributed by atoms with Gasteiger partial charge < -0.3 is 15.5 Å². The lowest BCUT2D eigenvalue weighted by Crippen LogP contribution is -2.55. The molecule has 0 saturated carbocycles. The van der Waals surface area contributed by atoms with E-state index in [1.54, 1.807) is 4.90 Å². The number of nitrogens with zero attached hydrogens (tertiary/aromatic N) is 3. The summed E-state index contributed by atoms with van der Waals surface area (Å²) in [6.45, 7) is 4.94. The molecule has 1 aromatic carbocycles. The zero-order valence-electron chi connectivity index (χ0n) is 14.8. The third kappa shape index (κ3) is 4.80. The number of carbonyl (C=O) groups is 2. The Morgan fingerprint density at radius 3 is 2.16 bits per heavy atom. The fraction of sp³-hybridized carbons (Fsp3) is 0.579. The summed E-state index contributed by atoms with van der Waals surface area (Å²) >= 11 is 0. The SMILES string of the molecule is NC(Cc1ccccc1)C(=O)N1CCN(C(=O)CN2CCCC2)CC1. The molecular weight excluding hydrogens is 316 g/mol. The van der Waals surface area contributed by atoms with Crippen LogP contribution in [0.15, 0.2) is 30.3 Å². The van der Waals surface area contributed by atoms with Crippen molar-refractivity contribution < 1.29 is 9.59 Å². The zero-order valence-corrected chi connectivity index (χ0v) is 14.8. The third-order valence-electron chi connectivity index (χ3n) is 5.12. The van der Waals surface area contributed by atoms with Crippen LogP contribution in [0.4, 0.5) is 0 Å². The molecule has 2 aliphatic heterocycles. The van der Waals surface area contributed by atoms with E-state index in [1.165, 1.54) is 12.8 Å². The number of rotatable bonds is 5. The summed E-state index contributed by atoms with van der Waals surface area (Å²) in [6, 6.07) is 9.32. The van der Waals surface area contributed by atoms with E-state index >= 15 is 0 Å². The summed E-state index contributed by atoms with van der Waals surface area (Å²) in [7, 11) is 0. The fourth-order valence-corrected chi connectivity index (χ4v) is 3.60. The van der Waals surface area contributed by atoms with Crippen LogP contribution < -0.4 is 5.73 Å². The second-order valence-electron chi connectivity index (χ2n) is 6.99. The monoisotopic (exact) mass is 344 g/mol. The van der Waals surface area contributed by atoms with E-state index in [1.807, 2.05) is 35.2 Å². The van der Waals surface area contributed by atoms with Gasteiger partial charge in [0.25, 0.3) is 0 Å². The summed E-state index contributed by atoms with van der Waals surface area (Å²) in [6.07, 6.45) is 2.93. The van der Waals surface area contributed by atoms with Gasteiger partial charge in [-0.15, -0.1) is 0 Å². The first-order valence-electron chi connectivity index (χ1n) is 9.22. The molecule has 0 spiro atoms. The van der Waals surface area contributed by atoms with Gasteiger partial charge in [0.15, 0.2) is 0 Å². The minimum Gasteiger partial charge on any atom is -0.338 e. The van der Waals surface area contributed by atoms with Gasteiger partial charge in [-0.3, -0.25) is 14.5 Å². The highest BCUT2D eigenvalue weighted by Crippen LogP contribution is 2.10. The highest BCUT2D eigenvalue weighted by atomic mass is 16.2. The molecule has 2 amide bonds. The van der Waals surface area contributed by atoms with Crippen LogP contribution >= 0.6 is 0 Å². The summed E-state index contributed by atoms with van der Waals surface area (Å²) in [4.78, 5) is 30.8. The van der Waals surface area contributed by atoms with Gasteiger partial charge in [0.1, 0.15) is 0 Å². The Kier molecular flexibility index (Phi) is 6.04. The number of nitrogens with two attached hydrogens (primary N) is 1. The largest absolute Gasteiger partial charge is 0.338 e. The molecule has 2 N–H and O–H groups in total. The second-order valence-corrected chi connectivity index (χ2v) is 6.99. The molecule has 0 radical (unpaired) electrons. The number of carbonyl (C=O) groups excluding carboxylic acids is 2. The van der Waals surface area contributed by atoms with Gasteiger partial charge in [0, 0.05) is 26.2 Å². The minimum absolute atomic E-state index is 0.0181. The smallest absolute Gasteiger partial charge is 0.239 e. The van der Waals surface area contributed by atoms with Crippen LogP contribution in [0.2, 0.25) is 0 Å². The Balaban J connectivity index is 1.44. The van der Waals surface area contributed by atoms with Gasteiger partial charge in [-0.1, -0.05) is 30.3 Å². The van der Waals surface area contributed by atoms with Crippen LogP contribution in [0.1, 0.15) is 18.4 Å². The van der Waals surface area contributed by atoms with Crippen LogP contribution in [-0.4, -0.2) is 78.4 Å². The fourth-order valence-electron chi connectivity index (χ4n) is 3.60. The zero-order chi connectivity index (χ0) is 17.6. The van der Waals surface area contributed by atoms with E-state index in [2.05, 4.69) is 4.90 Å². The predicted octanol–water partition coefficient (Wildman–Crippen LogP) is 0.323. The van der Waals surface area contributed by atoms with Crippen LogP contribution in [0.25, 0.3) is 0 Å². The van der Waals surface area contributed by atoms with E-state index in [-0.39, 0.29) is 11.8 Å². The Bertz CT molecular complexity index is 578. The normalized spacial score (nSPS) is 19.9. The van der Waals surface area contributed by atoms with Crippen LogP contribution in [-0.2, 0) is 16.0 Å². The van der Waals surface area contributed by atoms with Gasteiger partial charge in [-0.25, -0.2) is 0 Å². The molecule has 2 aliphatic rings. The van der Waals surface area contributed by atoms with Crippen LogP contribution in [0, 0.1) is 0 Å². The van der Waals surface area contributed by atoms with E-state index in [0.29, 0.717) is 39.1 Å². The van der Waals surface area contributed by atoms with Gasteiger partial charge in [0.2, 0.25) is 11.8 Å². The van der Waals surface area contributed by atoms with Crippen molar-refractivity contribution >= 4 is 11.8 Å². The number of likely N-dealkylation sites (tertiary alicyclic amines) is 1. The predicted molar refractivity (Wildman–Crippen MR) is 97.0 cm³/mol. The maximum atomic E-state index is 12.5. The first-order valence-corrected chi connectivity index (χ1v) is 9.22. The number of amides is 2. The van der Waals surface area contributed by atoms with Crippen LogP contribution in [0.3, 0.4) is 0 Å². The van der Waals surface area contributed by atoms with Gasteiger partial charge in [-0.2, -0.15) is 0 Å². The highest BCUT2D eigenvalue weighted by molar-refractivity contribution is 5.83. The summed E-state index contributed by atoms with van der Waals surface area (Å²) < 4.78 is 0. The Labute approximate surface area is 149 Å². The van der Waals surface area contributed by atoms with Crippen molar-refractivity contribution in [2.24, 2.45) is 5.73 Å². The lowest BCUT2D eigenvalue weighted by molar-refractivity contribution is -0.140. The number of piperazine rings is 1. The van der Waals surface area contributed by atoms with Crippen molar-refractivity contribution in [3.05, 3.63) is 35.9 Å². The maximum absolute atomic E-state index is 12.5. The standard InChI is InChI=1S/C19H28N4O2/c20-17(14-16-6-2-1-3-7-16)19(25)23-12-10-22(11-13-23)18(24)15-21-8-4-5-9-21/h1-3,6-7,17H,4-5,8-15,20H2. The maximum Gasteiger partial charge on any atom is 0.239 e. The average molecular weight is 344 g/mol. The van der Waals surface area contributed by atoms with Gasteiger partial charge in [-0.05, 0) is 37.9 Å². The Morgan fingerprint density at radius 2 is 1.52 bits per heavy atom. The minimum atomic E-state index is -0.519. The topological polar surface area (TPSA) is 69.9 Å². The second kappa shape index (κ2) is 8.45. The summed E-state index contributed by atoms with van der Waals surface area (Å²) in [5.74, 6) is 0.165. The Hall–Kier alpha value is -1.92. The number of hydrogen-bond acceptors (Lipinski definition) is 4. The molecule has 0 aromatic heterocycles. The van der Waals surface area contributed by atoms with Crippen molar-refractivity contribution in [3.8, 4) is 0 Å². The first-order chi connectivity index (χ1) is 12.1. The number of hydrogen-bond donors (Lipinski definition) is 1. The molecule has 3 rings (SSSR count).